The van der Waals surface area contributed by atoms with Gasteiger partial charge < -0.3 is 10.4 Å². The Morgan fingerprint density at radius 2 is 2.16 bits per heavy atom. The Morgan fingerprint density at radius 1 is 1.42 bits per heavy atom. The van der Waals surface area contributed by atoms with Crippen LogP contribution in [0, 0.1) is 11.7 Å². The minimum absolute atomic E-state index is 0.145. The summed E-state index contributed by atoms with van der Waals surface area (Å²) in [5.41, 5.74) is 1.06. The SMILES string of the molecule is CC(NC1CCCCC1CO)c1ccc(F)cc1Br. The lowest BCUT2D eigenvalue weighted by Gasteiger charge is -2.33. The van der Waals surface area contributed by atoms with Gasteiger partial charge in [0, 0.05) is 23.2 Å². The van der Waals surface area contributed by atoms with Crippen molar-refractivity contribution >= 4 is 15.9 Å². The lowest BCUT2D eigenvalue weighted by molar-refractivity contribution is 0.147. The van der Waals surface area contributed by atoms with Crippen LogP contribution < -0.4 is 5.32 Å². The van der Waals surface area contributed by atoms with Crippen molar-refractivity contribution in [2.45, 2.75) is 44.7 Å². The van der Waals surface area contributed by atoms with Gasteiger partial charge in [-0.25, -0.2) is 4.39 Å². The topological polar surface area (TPSA) is 32.3 Å². The van der Waals surface area contributed by atoms with E-state index in [1.54, 1.807) is 0 Å². The fourth-order valence-electron chi connectivity index (χ4n) is 2.91. The molecule has 1 saturated carbocycles. The van der Waals surface area contributed by atoms with Crippen molar-refractivity contribution in [3.63, 3.8) is 0 Å². The highest BCUT2D eigenvalue weighted by Crippen LogP contribution is 2.29. The van der Waals surface area contributed by atoms with Gasteiger partial charge in [0.1, 0.15) is 5.82 Å². The summed E-state index contributed by atoms with van der Waals surface area (Å²) in [6.45, 7) is 2.33. The fourth-order valence-corrected chi connectivity index (χ4v) is 3.60. The number of halogens is 2. The Labute approximate surface area is 122 Å². The van der Waals surface area contributed by atoms with Gasteiger partial charge in [-0.05, 0) is 43.4 Å². The van der Waals surface area contributed by atoms with Crippen LogP contribution in [0.4, 0.5) is 4.39 Å². The molecule has 4 heteroatoms. The summed E-state index contributed by atoms with van der Waals surface area (Å²) in [4.78, 5) is 0. The molecule has 2 nitrogen and oxygen atoms in total. The molecule has 106 valence electrons. The normalized spacial score (nSPS) is 25.3. The summed E-state index contributed by atoms with van der Waals surface area (Å²) < 4.78 is 13.9. The quantitative estimate of drug-likeness (QED) is 0.880. The van der Waals surface area contributed by atoms with Crippen LogP contribution in [0.5, 0.6) is 0 Å². The zero-order chi connectivity index (χ0) is 13.8. The maximum absolute atomic E-state index is 13.1. The number of aliphatic hydroxyl groups excluding tert-OH is 1. The van der Waals surface area contributed by atoms with Crippen molar-refractivity contribution in [2.75, 3.05) is 6.61 Å². The molecule has 19 heavy (non-hydrogen) atoms. The molecule has 0 radical (unpaired) electrons. The lowest BCUT2D eigenvalue weighted by atomic mass is 9.84. The largest absolute Gasteiger partial charge is 0.396 e. The van der Waals surface area contributed by atoms with E-state index in [4.69, 9.17) is 0 Å². The third kappa shape index (κ3) is 3.77. The molecule has 0 aliphatic heterocycles. The van der Waals surface area contributed by atoms with E-state index in [0.29, 0.717) is 12.0 Å². The third-order valence-electron chi connectivity index (χ3n) is 4.04. The molecule has 1 aromatic rings. The third-order valence-corrected chi connectivity index (χ3v) is 4.72. The summed E-state index contributed by atoms with van der Waals surface area (Å²) in [6.07, 6.45) is 4.61. The lowest BCUT2D eigenvalue weighted by Crippen LogP contribution is -2.41. The molecule has 3 unspecified atom stereocenters. The first kappa shape index (κ1) is 14.9. The summed E-state index contributed by atoms with van der Waals surface area (Å²) in [6, 6.07) is 5.30. The molecule has 0 spiro atoms. The van der Waals surface area contributed by atoms with Crippen LogP contribution in [0.1, 0.15) is 44.2 Å². The van der Waals surface area contributed by atoms with Gasteiger partial charge in [-0.15, -0.1) is 0 Å². The fraction of sp³-hybridized carbons (Fsp3) is 0.600. The Balaban J connectivity index is 2.05. The van der Waals surface area contributed by atoms with Gasteiger partial charge in [-0.2, -0.15) is 0 Å². The molecular weight excluding hydrogens is 309 g/mol. The number of hydrogen-bond donors (Lipinski definition) is 2. The molecule has 3 atom stereocenters. The number of hydrogen-bond acceptors (Lipinski definition) is 2. The standard InChI is InChI=1S/C15H21BrFNO/c1-10(13-7-6-12(17)8-14(13)16)18-15-5-3-2-4-11(15)9-19/h6-8,10-11,15,18-19H,2-5,9H2,1H3. The summed E-state index contributed by atoms with van der Waals surface area (Å²) in [5, 5.41) is 13.0. The van der Waals surface area contributed by atoms with Crippen molar-refractivity contribution < 1.29 is 9.50 Å². The maximum atomic E-state index is 13.1. The second-order valence-corrected chi connectivity index (χ2v) is 6.24. The van der Waals surface area contributed by atoms with Crippen LogP contribution in [0.15, 0.2) is 22.7 Å². The van der Waals surface area contributed by atoms with Crippen molar-refractivity contribution in [3.05, 3.63) is 34.1 Å². The smallest absolute Gasteiger partial charge is 0.124 e. The van der Waals surface area contributed by atoms with Crippen LogP contribution in [-0.2, 0) is 0 Å². The average molecular weight is 330 g/mol. The Bertz CT molecular complexity index is 427. The molecule has 0 heterocycles. The van der Waals surface area contributed by atoms with E-state index in [1.807, 2.05) is 6.07 Å². The first-order valence-electron chi connectivity index (χ1n) is 6.93. The highest BCUT2D eigenvalue weighted by molar-refractivity contribution is 9.10. The van der Waals surface area contributed by atoms with Crippen LogP contribution in [0.2, 0.25) is 0 Å². The van der Waals surface area contributed by atoms with Crippen molar-refractivity contribution in [1.29, 1.82) is 0 Å². The predicted octanol–water partition coefficient (Wildman–Crippen LogP) is 3.79. The van der Waals surface area contributed by atoms with Crippen LogP contribution in [0.25, 0.3) is 0 Å². The van der Waals surface area contributed by atoms with Crippen molar-refractivity contribution in [2.24, 2.45) is 5.92 Å². The van der Waals surface area contributed by atoms with E-state index in [0.717, 1.165) is 22.9 Å². The molecule has 1 aliphatic rings. The van der Waals surface area contributed by atoms with E-state index >= 15 is 0 Å². The van der Waals surface area contributed by atoms with E-state index in [-0.39, 0.29) is 18.5 Å². The van der Waals surface area contributed by atoms with E-state index in [9.17, 15) is 9.50 Å². The Hall–Kier alpha value is -0.450. The van der Waals surface area contributed by atoms with E-state index in [2.05, 4.69) is 28.2 Å². The Kier molecular flexibility index (Phi) is 5.37. The van der Waals surface area contributed by atoms with Crippen LogP contribution >= 0.6 is 15.9 Å². The van der Waals surface area contributed by atoms with Crippen LogP contribution in [-0.4, -0.2) is 17.8 Å². The number of benzene rings is 1. The number of nitrogens with one attached hydrogen (secondary N) is 1. The molecule has 2 rings (SSSR count). The number of aliphatic hydroxyl groups is 1. The maximum Gasteiger partial charge on any atom is 0.124 e. The molecule has 1 fully saturated rings. The molecule has 0 aromatic heterocycles. The highest BCUT2D eigenvalue weighted by atomic mass is 79.9. The second-order valence-electron chi connectivity index (χ2n) is 5.39. The van der Waals surface area contributed by atoms with Gasteiger partial charge in [0.15, 0.2) is 0 Å². The van der Waals surface area contributed by atoms with Crippen molar-refractivity contribution in [3.8, 4) is 0 Å². The predicted molar refractivity (Wildman–Crippen MR) is 78.5 cm³/mol. The molecule has 0 saturated heterocycles. The summed E-state index contributed by atoms with van der Waals surface area (Å²) in [5.74, 6) is 0.115. The zero-order valence-electron chi connectivity index (χ0n) is 11.2. The van der Waals surface area contributed by atoms with Crippen LogP contribution in [0.3, 0.4) is 0 Å². The first-order chi connectivity index (χ1) is 9.11. The monoisotopic (exact) mass is 329 g/mol. The highest BCUT2D eigenvalue weighted by Gasteiger charge is 2.26. The summed E-state index contributed by atoms with van der Waals surface area (Å²) >= 11 is 3.42. The first-order valence-corrected chi connectivity index (χ1v) is 7.73. The Morgan fingerprint density at radius 3 is 2.84 bits per heavy atom. The minimum Gasteiger partial charge on any atom is -0.396 e. The zero-order valence-corrected chi connectivity index (χ0v) is 12.8. The molecular formula is C15H21BrFNO. The van der Waals surface area contributed by atoms with E-state index < -0.39 is 0 Å². The average Bonchev–Trinajstić information content (AvgIpc) is 2.39. The van der Waals surface area contributed by atoms with Crippen molar-refractivity contribution in [1.82, 2.24) is 5.32 Å². The van der Waals surface area contributed by atoms with Gasteiger partial charge in [0.05, 0.1) is 0 Å². The van der Waals surface area contributed by atoms with Gasteiger partial charge >= 0.3 is 0 Å². The number of rotatable bonds is 4. The van der Waals surface area contributed by atoms with E-state index in [1.165, 1.54) is 25.0 Å². The van der Waals surface area contributed by atoms with Gasteiger partial charge in [-0.3, -0.25) is 0 Å². The molecule has 1 aliphatic carbocycles. The summed E-state index contributed by atoms with van der Waals surface area (Å²) in [7, 11) is 0. The van der Waals surface area contributed by atoms with Gasteiger partial charge in [0.2, 0.25) is 0 Å². The molecule has 1 aromatic carbocycles. The van der Waals surface area contributed by atoms with Gasteiger partial charge in [-0.1, -0.05) is 34.8 Å². The molecule has 0 amide bonds. The minimum atomic E-state index is -0.228. The molecule has 0 bridgehead atoms. The molecule has 2 N–H and O–H groups in total. The van der Waals surface area contributed by atoms with Gasteiger partial charge in [0.25, 0.3) is 0 Å². The second kappa shape index (κ2) is 6.82.